The molecule has 1 N–H and O–H groups in total. The molecular weight excluding hydrogens is 332 g/mol. The Hall–Kier alpha value is -2.89. The summed E-state index contributed by atoms with van der Waals surface area (Å²) in [6.45, 7) is 5.76. The summed E-state index contributed by atoms with van der Waals surface area (Å²) < 4.78 is 5.59. The third-order valence-corrected chi connectivity index (χ3v) is 4.10. The fraction of sp³-hybridized carbons (Fsp3) is 0.350. The minimum absolute atomic E-state index is 0.164. The third kappa shape index (κ3) is 5.31. The summed E-state index contributed by atoms with van der Waals surface area (Å²) in [5.41, 5.74) is 2.47. The first kappa shape index (κ1) is 19.4. The van der Waals surface area contributed by atoms with Crippen LogP contribution in [-0.4, -0.2) is 18.5 Å². The first-order valence-electron chi connectivity index (χ1n) is 8.65. The van der Waals surface area contributed by atoms with E-state index in [0.29, 0.717) is 4.73 Å². The highest BCUT2D eigenvalue weighted by molar-refractivity contribution is 5.91. The van der Waals surface area contributed by atoms with Gasteiger partial charge in [0.05, 0.1) is 11.6 Å². The molecule has 26 heavy (non-hydrogen) atoms. The number of esters is 1. The van der Waals surface area contributed by atoms with Gasteiger partial charge in [-0.25, -0.2) is 4.79 Å². The van der Waals surface area contributed by atoms with Crippen molar-refractivity contribution < 1.29 is 19.1 Å². The molecule has 0 aliphatic heterocycles. The highest BCUT2D eigenvalue weighted by Crippen LogP contribution is 2.22. The molecule has 0 fully saturated rings. The van der Waals surface area contributed by atoms with Gasteiger partial charge in [-0.05, 0) is 23.5 Å². The van der Waals surface area contributed by atoms with E-state index in [0.717, 1.165) is 12.0 Å². The average molecular weight is 356 g/mol. The molecule has 0 aliphatic rings. The van der Waals surface area contributed by atoms with Crippen molar-refractivity contribution in [3.63, 3.8) is 0 Å². The maximum atomic E-state index is 12.2. The van der Waals surface area contributed by atoms with E-state index in [1.54, 1.807) is 0 Å². The Balaban J connectivity index is 1.94. The molecule has 0 saturated heterocycles. The van der Waals surface area contributed by atoms with Crippen molar-refractivity contribution in [2.45, 2.75) is 33.2 Å². The van der Waals surface area contributed by atoms with Crippen LogP contribution in [0, 0.1) is 11.1 Å². The lowest BCUT2D eigenvalue weighted by molar-refractivity contribution is -0.605. The van der Waals surface area contributed by atoms with Crippen molar-refractivity contribution in [1.29, 1.82) is 0 Å². The maximum absolute atomic E-state index is 12.2. The standard InChI is InChI=1S/C20H24N2O4/c1-4-15-5-7-16(8-6-15)19(14(2)3)21-18(23)13-26-20(24)17-9-11-22(25)12-10-17/h5-12,14,19H,4,13H2,1-3H3,(H,21,23)/t19-/m0/s1. The van der Waals surface area contributed by atoms with Gasteiger partial charge in [-0.1, -0.05) is 45.0 Å². The van der Waals surface area contributed by atoms with Crippen molar-refractivity contribution in [1.82, 2.24) is 5.32 Å². The monoisotopic (exact) mass is 356 g/mol. The molecule has 1 atom stereocenters. The van der Waals surface area contributed by atoms with E-state index in [-0.39, 0.29) is 30.0 Å². The summed E-state index contributed by atoms with van der Waals surface area (Å²) >= 11 is 0. The first-order valence-corrected chi connectivity index (χ1v) is 8.65. The van der Waals surface area contributed by atoms with Crippen molar-refractivity contribution >= 4 is 11.9 Å². The predicted octanol–water partition coefficient (Wildman–Crippen LogP) is 2.55. The number of amides is 1. The van der Waals surface area contributed by atoms with Crippen LogP contribution in [0.3, 0.4) is 0 Å². The minimum Gasteiger partial charge on any atom is -0.619 e. The fourth-order valence-electron chi connectivity index (χ4n) is 2.57. The summed E-state index contributed by atoms with van der Waals surface area (Å²) in [7, 11) is 0. The van der Waals surface area contributed by atoms with Gasteiger partial charge < -0.3 is 15.3 Å². The zero-order valence-electron chi connectivity index (χ0n) is 15.3. The third-order valence-electron chi connectivity index (χ3n) is 4.10. The van der Waals surface area contributed by atoms with Gasteiger partial charge in [0.15, 0.2) is 19.0 Å². The number of aryl methyl sites for hydroxylation is 1. The van der Waals surface area contributed by atoms with E-state index in [1.165, 1.54) is 30.1 Å². The second-order valence-electron chi connectivity index (χ2n) is 6.41. The number of aromatic nitrogens is 1. The van der Waals surface area contributed by atoms with Crippen molar-refractivity contribution in [3.05, 3.63) is 70.7 Å². The molecule has 1 amide bonds. The fourth-order valence-corrected chi connectivity index (χ4v) is 2.57. The second-order valence-corrected chi connectivity index (χ2v) is 6.41. The van der Waals surface area contributed by atoms with Gasteiger partial charge in [0.25, 0.3) is 5.91 Å². The highest BCUT2D eigenvalue weighted by atomic mass is 16.5. The van der Waals surface area contributed by atoms with Gasteiger partial charge in [-0.2, -0.15) is 4.73 Å². The molecule has 6 nitrogen and oxygen atoms in total. The van der Waals surface area contributed by atoms with Crippen molar-refractivity contribution in [3.8, 4) is 0 Å². The Labute approximate surface area is 153 Å². The minimum atomic E-state index is -0.644. The summed E-state index contributed by atoms with van der Waals surface area (Å²) in [6.07, 6.45) is 3.36. The highest BCUT2D eigenvalue weighted by Gasteiger charge is 2.19. The first-order chi connectivity index (χ1) is 12.4. The van der Waals surface area contributed by atoms with E-state index < -0.39 is 5.97 Å². The van der Waals surface area contributed by atoms with Crippen LogP contribution >= 0.6 is 0 Å². The number of ether oxygens (including phenoxy) is 1. The molecule has 0 spiro atoms. The van der Waals surface area contributed by atoms with Crippen molar-refractivity contribution in [2.75, 3.05) is 6.61 Å². The number of rotatable bonds is 7. The van der Waals surface area contributed by atoms with Gasteiger partial charge in [0.1, 0.15) is 0 Å². The molecule has 1 aromatic heterocycles. The lowest BCUT2D eigenvalue weighted by atomic mass is 9.95. The smallest absolute Gasteiger partial charge is 0.339 e. The van der Waals surface area contributed by atoms with Crippen LogP contribution in [0.25, 0.3) is 0 Å². The summed E-state index contributed by atoms with van der Waals surface area (Å²) in [5, 5.41) is 13.9. The van der Waals surface area contributed by atoms with Gasteiger partial charge in [0, 0.05) is 12.1 Å². The molecule has 0 unspecified atom stereocenters. The summed E-state index contributed by atoms with van der Waals surface area (Å²) in [6, 6.07) is 10.7. The normalized spacial score (nSPS) is 11.8. The van der Waals surface area contributed by atoms with E-state index in [1.807, 2.05) is 26.0 Å². The SMILES string of the molecule is CCc1ccc([C@@H](NC(=O)COC(=O)c2cc[n+]([O-])cc2)C(C)C)cc1. The number of hydrogen-bond donors (Lipinski definition) is 1. The molecule has 2 rings (SSSR count). The predicted molar refractivity (Wildman–Crippen MR) is 97.2 cm³/mol. The lowest BCUT2D eigenvalue weighted by Crippen LogP contribution is -2.35. The number of carbonyl (C=O) groups excluding carboxylic acids is 2. The molecule has 6 heteroatoms. The average Bonchev–Trinajstić information content (AvgIpc) is 2.64. The Kier molecular flexibility index (Phi) is 6.72. The Morgan fingerprint density at radius 2 is 1.73 bits per heavy atom. The molecule has 0 radical (unpaired) electrons. The van der Waals surface area contributed by atoms with E-state index in [2.05, 4.69) is 24.4 Å². The molecule has 1 aromatic carbocycles. The largest absolute Gasteiger partial charge is 0.619 e. The number of carbonyl (C=O) groups is 2. The van der Waals surface area contributed by atoms with E-state index in [4.69, 9.17) is 4.74 Å². The Morgan fingerprint density at radius 3 is 2.27 bits per heavy atom. The number of nitrogens with zero attached hydrogens (tertiary/aromatic N) is 1. The molecule has 0 aliphatic carbocycles. The van der Waals surface area contributed by atoms with E-state index >= 15 is 0 Å². The van der Waals surface area contributed by atoms with Crippen LogP contribution in [0.1, 0.15) is 48.3 Å². The molecule has 2 aromatic rings. The van der Waals surface area contributed by atoms with Gasteiger partial charge >= 0.3 is 5.97 Å². The van der Waals surface area contributed by atoms with Crippen LogP contribution in [0.15, 0.2) is 48.8 Å². The van der Waals surface area contributed by atoms with Gasteiger partial charge in [-0.15, -0.1) is 0 Å². The summed E-state index contributed by atoms with van der Waals surface area (Å²) in [5.74, 6) is -0.829. The van der Waals surface area contributed by atoms with Gasteiger partial charge in [0.2, 0.25) is 0 Å². The molecular formula is C20H24N2O4. The molecule has 0 saturated carbocycles. The number of benzene rings is 1. The second kappa shape index (κ2) is 8.99. The van der Waals surface area contributed by atoms with Crippen LogP contribution in [-0.2, 0) is 16.0 Å². The number of pyridine rings is 1. The zero-order valence-corrected chi connectivity index (χ0v) is 15.3. The maximum Gasteiger partial charge on any atom is 0.339 e. The number of nitrogens with one attached hydrogen (secondary N) is 1. The van der Waals surface area contributed by atoms with Crippen molar-refractivity contribution in [2.24, 2.45) is 5.92 Å². The number of hydrogen-bond acceptors (Lipinski definition) is 4. The Bertz CT molecular complexity index is 739. The van der Waals surface area contributed by atoms with Gasteiger partial charge in [-0.3, -0.25) is 4.79 Å². The van der Waals surface area contributed by atoms with Crippen LogP contribution in [0.2, 0.25) is 0 Å². The van der Waals surface area contributed by atoms with Crippen LogP contribution in [0.4, 0.5) is 0 Å². The zero-order chi connectivity index (χ0) is 19.1. The summed E-state index contributed by atoms with van der Waals surface area (Å²) in [4.78, 5) is 24.1. The molecule has 138 valence electrons. The van der Waals surface area contributed by atoms with Crippen LogP contribution < -0.4 is 10.0 Å². The molecule has 0 bridgehead atoms. The molecule has 1 heterocycles. The quantitative estimate of drug-likeness (QED) is 0.469. The van der Waals surface area contributed by atoms with E-state index in [9.17, 15) is 14.8 Å². The Morgan fingerprint density at radius 1 is 1.12 bits per heavy atom. The topological polar surface area (TPSA) is 82.3 Å². The lowest BCUT2D eigenvalue weighted by Gasteiger charge is -2.23. The van der Waals surface area contributed by atoms with Crippen LogP contribution in [0.5, 0.6) is 0 Å².